The van der Waals surface area contributed by atoms with Gasteiger partial charge in [0.2, 0.25) is 0 Å². The lowest BCUT2D eigenvalue weighted by molar-refractivity contribution is 0.0570. The Hall–Kier alpha value is -1.99. The molecule has 0 spiro atoms. The average Bonchev–Trinajstić information content (AvgIpc) is 3.00. The van der Waals surface area contributed by atoms with Crippen LogP contribution in [0.15, 0.2) is 18.3 Å². The monoisotopic (exact) mass is 388 g/mol. The van der Waals surface area contributed by atoms with Gasteiger partial charge in [-0.3, -0.25) is 4.79 Å². The number of nitrogens with one attached hydrogen (secondary N) is 1. The van der Waals surface area contributed by atoms with E-state index in [0.717, 1.165) is 55.4 Å². The highest BCUT2D eigenvalue weighted by Crippen LogP contribution is 2.19. The van der Waals surface area contributed by atoms with Crippen LogP contribution in [0.2, 0.25) is 0 Å². The minimum absolute atomic E-state index is 0.0589. The second-order valence-electron chi connectivity index (χ2n) is 7.07. The van der Waals surface area contributed by atoms with Gasteiger partial charge in [0.15, 0.2) is 0 Å². The van der Waals surface area contributed by atoms with Crippen LogP contribution in [0.5, 0.6) is 0 Å². The molecule has 1 fully saturated rings. The fourth-order valence-corrected chi connectivity index (χ4v) is 4.31. The summed E-state index contributed by atoms with van der Waals surface area (Å²) in [6.45, 7) is 7.20. The van der Waals surface area contributed by atoms with E-state index in [1.165, 1.54) is 4.88 Å². The lowest BCUT2D eigenvalue weighted by atomic mass is 9.98. The van der Waals surface area contributed by atoms with Crippen LogP contribution in [-0.4, -0.2) is 54.1 Å². The molecular weight excluding hydrogens is 360 g/mol. The Labute approximate surface area is 165 Å². The summed E-state index contributed by atoms with van der Waals surface area (Å²) in [7, 11) is 1.72. The number of carbonyl (C=O) groups excluding carboxylic acids is 1. The normalized spacial score (nSPS) is 17.1. The number of hydrogen-bond acceptors (Lipinski definition) is 6. The summed E-state index contributed by atoms with van der Waals surface area (Å²) >= 11 is 1.74. The van der Waals surface area contributed by atoms with Gasteiger partial charge in [-0.2, -0.15) is 0 Å². The smallest absolute Gasteiger partial charge is 0.255 e. The first-order valence-electron chi connectivity index (χ1n) is 9.48. The Kier molecular flexibility index (Phi) is 6.79. The molecule has 0 radical (unpaired) electrons. The van der Waals surface area contributed by atoms with E-state index in [1.807, 2.05) is 24.0 Å². The van der Waals surface area contributed by atoms with Crippen LogP contribution in [-0.2, 0) is 11.2 Å². The van der Waals surface area contributed by atoms with Gasteiger partial charge in [0.25, 0.3) is 5.91 Å². The topological polar surface area (TPSA) is 67.3 Å². The van der Waals surface area contributed by atoms with Crippen molar-refractivity contribution in [3.63, 3.8) is 0 Å². The number of piperidine rings is 1. The molecule has 0 saturated carbocycles. The third-order valence-corrected chi connectivity index (χ3v) is 6.07. The first-order valence-corrected chi connectivity index (χ1v) is 10.3. The molecule has 1 unspecified atom stereocenters. The number of hydrogen-bond donors (Lipinski definition) is 1. The Morgan fingerprint density at radius 2 is 2.26 bits per heavy atom. The van der Waals surface area contributed by atoms with Crippen molar-refractivity contribution >= 4 is 23.1 Å². The highest BCUT2D eigenvalue weighted by atomic mass is 32.1. The molecule has 1 aliphatic rings. The summed E-state index contributed by atoms with van der Waals surface area (Å²) in [6, 6.07) is 3.73. The van der Waals surface area contributed by atoms with Gasteiger partial charge in [0, 0.05) is 44.2 Å². The number of aryl methyl sites for hydroxylation is 2. The molecule has 2 aromatic heterocycles. The molecule has 0 bridgehead atoms. The molecule has 1 N–H and O–H groups in total. The number of methoxy groups -OCH3 is 1. The highest BCUT2D eigenvalue weighted by molar-refractivity contribution is 7.11. The predicted octanol–water partition coefficient (Wildman–Crippen LogP) is 3.31. The molecule has 6 nitrogen and oxygen atoms in total. The van der Waals surface area contributed by atoms with Crippen LogP contribution in [0, 0.1) is 19.8 Å². The van der Waals surface area contributed by atoms with E-state index >= 15 is 0 Å². The number of amides is 1. The minimum Gasteiger partial charge on any atom is -0.384 e. The van der Waals surface area contributed by atoms with Gasteiger partial charge >= 0.3 is 0 Å². The Bertz CT molecular complexity index is 738. The van der Waals surface area contributed by atoms with Crippen molar-refractivity contribution in [3.05, 3.63) is 39.5 Å². The summed E-state index contributed by atoms with van der Waals surface area (Å²) in [5.41, 5.74) is 1.76. The summed E-state index contributed by atoms with van der Waals surface area (Å²) in [6.07, 6.45) is 4.69. The highest BCUT2D eigenvalue weighted by Gasteiger charge is 2.24. The van der Waals surface area contributed by atoms with Crippen LogP contribution in [0.4, 0.5) is 5.82 Å². The van der Waals surface area contributed by atoms with E-state index in [0.29, 0.717) is 18.1 Å². The number of nitrogens with zero attached hydrogens (tertiary/aromatic N) is 3. The van der Waals surface area contributed by atoms with Gasteiger partial charge in [-0.1, -0.05) is 0 Å². The van der Waals surface area contributed by atoms with Crippen molar-refractivity contribution in [1.29, 1.82) is 0 Å². The van der Waals surface area contributed by atoms with E-state index < -0.39 is 0 Å². The third kappa shape index (κ3) is 5.26. The molecule has 7 heteroatoms. The summed E-state index contributed by atoms with van der Waals surface area (Å²) in [5, 5.41) is 4.44. The molecule has 146 valence electrons. The van der Waals surface area contributed by atoms with E-state index in [4.69, 9.17) is 4.74 Å². The first kappa shape index (κ1) is 19.8. The molecule has 0 aliphatic carbocycles. The SMILES string of the molecule is COCC1CCCN(C(=O)c2ccc(NCCc3nc(C)c(C)s3)nc2)C1. The summed E-state index contributed by atoms with van der Waals surface area (Å²) in [5.74, 6) is 1.27. The van der Waals surface area contributed by atoms with Gasteiger partial charge in [0.05, 0.1) is 22.9 Å². The molecular formula is C20H28N4O2S. The van der Waals surface area contributed by atoms with Crippen molar-refractivity contribution in [3.8, 4) is 0 Å². The summed E-state index contributed by atoms with van der Waals surface area (Å²) in [4.78, 5) is 24.9. The molecule has 1 aliphatic heterocycles. The fraction of sp³-hybridized carbons (Fsp3) is 0.550. The van der Waals surface area contributed by atoms with Crippen LogP contribution in [0.1, 0.15) is 38.8 Å². The Balaban J connectivity index is 1.51. The minimum atomic E-state index is 0.0589. The molecule has 1 amide bonds. The maximum atomic E-state index is 12.7. The molecule has 1 saturated heterocycles. The van der Waals surface area contributed by atoms with Crippen LogP contribution < -0.4 is 5.32 Å². The zero-order valence-electron chi connectivity index (χ0n) is 16.3. The average molecular weight is 389 g/mol. The maximum Gasteiger partial charge on any atom is 0.255 e. The third-order valence-electron chi connectivity index (χ3n) is 4.94. The second-order valence-corrected chi connectivity index (χ2v) is 8.36. The van der Waals surface area contributed by atoms with Crippen molar-refractivity contribution in [2.75, 3.05) is 38.7 Å². The lowest BCUT2D eigenvalue weighted by Crippen LogP contribution is -2.41. The van der Waals surface area contributed by atoms with Crippen molar-refractivity contribution in [1.82, 2.24) is 14.9 Å². The van der Waals surface area contributed by atoms with Gasteiger partial charge in [0.1, 0.15) is 5.82 Å². The number of anilines is 1. The van der Waals surface area contributed by atoms with Crippen LogP contribution in [0.3, 0.4) is 0 Å². The second kappa shape index (κ2) is 9.28. The van der Waals surface area contributed by atoms with E-state index in [2.05, 4.69) is 22.2 Å². The first-order chi connectivity index (χ1) is 13.1. The largest absolute Gasteiger partial charge is 0.384 e. The number of rotatable bonds is 7. The van der Waals surface area contributed by atoms with Crippen LogP contribution in [0.25, 0.3) is 0 Å². The zero-order chi connectivity index (χ0) is 19.2. The number of likely N-dealkylation sites (tertiary alicyclic amines) is 1. The molecule has 3 rings (SSSR count). The molecule has 2 aromatic rings. The van der Waals surface area contributed by atoms with Crippen molar-refractivity contribution < 1.29 is 9.53 Å². The van der Waals surface area contributed by atoms with Gasteiger partial charge in [-0.25, -0.2) is 9.97 Å². The Morgan fingerprint density at radius 3 is 2.93 bits per heavy atom. The van der Waals surface area contributed by atoms with Crippen LogP contribution >= 0.6 is 11.3 Å². The zero-order valence-corrected chi connectivity index (χ0v) is 17.1. The maximum absolute atomic E-state index is 12.7. The van der Waals surface area contributed by atoms with Gasteiger partial charge in [-0.05, 0) is 44.7 Å². The molecule has 0 aromatic carbocycles. The van der Waals surface area contributed by atoms with E-state index in [1.54, 1.807) is 24.6 Å². The lowest BCUT2D eigenvalue weighted by Gasteiger charge is -2.32. The van der Waals surface area contributed by atoms with Crippen molar-refractivity contribution in [2.45, 2.75) is 33.1 Å². The fourth-order valence-electron chi connectivity index (χ4n) is 3.37. The number of carbonyl (C=O) groups is 1. The molecule has 1 atom stereocenters. The Morgan fingerprint density at radius 1 is 1.41 bits per heavy atom. The van der Waals surface area contributed by atoms with Gasteiger partial charge < -0.3 is 15.0 Å². The predicted molar refractivity (Wildman–Crippen MR) is 109 cm³/mol. The number of aromatic nitrogens is 2. The molecule has 3 heterocycles. The number of thiazole rings is 1. The number of pyridine rings is 1. The van der Waals surface area contributed by atoms with Gasteiger partial charge in [-0.15, -0.1) is 11.3 Å². The summed E-state index contributed by atoms with van der Waals surface area (Å²) < 4.78 is 5.25. The standard InChI is InChI=1S/C20H28N4O2S/c1-14-15(2)27-19(23-14)8-9-21-18-7-6-17(11-22-18)20(25)24-10-4-5-16(12-24)13-26-3/h6-7,11,16H,4-5,8-10,12-13H2,1-3H3,(H,21,22). The van der Waals surface area contributed by atoms with E-state index in [-0.39, 0.29) is 5.91 Å². The van der Waals surface area contributed by atoms with E-state index in [9.17, 15) is 4.79 Å². The molecule has 27 heavy (non-hydrogen) atoms. The number of ether oxygens (including phenoxy) is 1. The van der Waals surface area contributed by atoms with Crippen molar-refractivity contribution in [2.24, 2.45) is 5.92 Å². The quantitative estimate of drug-likeness (QED) is 0.788.